The minimum atomic E-state index is -0.527. The zero-order valence-electron chi connectivity index (χ0n) is 16.9. The van der Waals surface area contributed by atoms with Gasteiger partial charge in [0.1, 0.15) is 5.75 Å². The van der Waals surface area contributed by atoms with Crippen molar-refractivity contribution in [1.82, 2.24) is 5.32 Å². The summed E-state index contributed by atoms with van der Waals surface area (Å²) >= 11 is 11.0. The second-order valence-electron chi connectivity index (χ2n) is 6.58. The first-order chi connectivity index (χ1) is 15.8. The van der Waals surface area contributed by atoms with Gasteiger partial charge in [-0.3, -0.25) is 25.0 Å². The lowest BCUT2D eigenvalue weighted by molar-refractivity contribution is -0.384. The van der Waals surface area contributed by atoms with Gasteiger partial charge in [0.05, 0.1) is 4.92 Å². The lowest BCUT2D eigenvalue weighted by atomic mass is 10.2. The molecule has 33 heavy (non-hydrogen) atoms. The number of halogens is 1. The number of carbonyl (C=O) groups excluding carboxylic acids is 2. The maximum atomic E-state index is 12.3. The van der Waals surface area contributed by atoms with Crippen LogP contribution in [0.1, 0.15) is 10.4 Å². The normalized spacial score (nSPS) is 10.1. The van der Waals surface area contributed by atoms with E-state index in [1.807, 2.05) is 0 Å². The van der Waals surface area contributed by atoms with Crippen molar-refractivity contribution in [3.8, 4) is 5.75 Å². The van der Waals surface area contributed by atoms with Crippen molar-refractivity contribution in [2.45, 2.75) is 0 Å². The molecular weight excluding hydrogens is 468 g/mol. The zero-order chi connectivity index (χ0) is 23.8. The van der Waals surface area contributed by atoms with Crippen molar-refractivity contribution in [1.29, 1.82) is 0 Å². The van der Waals surface area contributed by atoms with Crippen LogP contribution in [0.15, 0.2) is 72.8 Å². The molecule has 0 aliphatic heterocycles. The molecule has 3 rings (SSSR count). The Morgan fingerprint density at radius 1 is 0.970 bits per heavy atom. The highest BCUT2D eigenvalue weighted by Gasteiger charge is 2.09. The first kappa shape index (κ1) is 23.6. The number of nitrogens with zero attached hydrogens (tertiary/aromatic N) is 1. The van der Waals surface area contributed by atoms with Crippen LogP contribution in [0.25, 0.3) is 0 Å². The number of benzene rings is 3. The van der Waals surface area contributed by atoms with E-state index in [2.05, 4.69) is 16.0 Å². The molecule has 0 bridgehead atoms. The van der Waals surface area contributed by atoms with Gasteiger partial charge in [0.15, 0.2) is 11.7 Å². The number of non-ortho nitro benzene ring substituents is 1. The first-order valence-electron chi connectivity index (χ1n) is 9.45. The van der Waals surface area contributed by atoms with Crippen LogP contribution in [0.5, 0.6) is 5.75 Å². The van der Waals surface area contributed by atoms with Gasteiger partial charge >= 0.3 is 0 Å². The molecule has 3 aromatic rings. The fourth-order valence-corrected chi connectivity index (χ4v) is 3.03. The molecule has 0 saturated heterocycles. The summed E-state index contributed by atoms with van der Waals surface area (Å²) in [6, 6.07) is 18.7. The quantitative estimate of drug-likeness (QED) is 0.258. The van der Waals surface area contributed by atoms with Crippen LogP contribution < -0.4 is 20.7 Å². The Balaban J connectivity index is 1.45. The largest absolute Gasteiger partial charge is 0.484 e. The smallest absolute Gasteiger partial charge is 0.269 e. The molecule has 2 amide bonds. The molecule has 0 aliphatic rings. The van der Waals surface area contributed by atoms with E-state index in [9.17, 15) is 19.7 Å². The zero-order valence-corrected chi connectivity index (χ0v) is 18.5. The Hall–Kier alpha value is -4.02. The highest BCUT2D eigenvalue weighted by Crippen LogP contribution is 2.18. The Kier molecular flexibility index (Phi) is 7.90. The average molecular weight is 485 g/mol. The van der Waals surface area contributed by atoms with E-state index >= 15 is 0 Å². The lowest BCUT2D eigenvalue weighted by Crippen LogP contribution is -2.37. The van der Waals surface area contributed by atoms with Gasteiger partial charge < -0.3 is 15.4 Å². The molecule has 3 aromatic carbocycles. The van der Waals surface area contributed by atoms with Crippen molar-refractivity contribution in [3.05, 3.63) is 93.5 Å². The molecule has 0 aromatic heterocycles. The molecule has 0 aliphatic carbocycles. The van der Waals surface area contributed by atoms with Gasteiger partial charge in [-0.1, -0.05) is 17.7 Å². The van der Waals surface area contributed by atoms with Gasteiger partial charge in [0.25, 0.3) is 17.5 Å². The number of anilines is 2. The molecule has 9 nitrogen and oxygen atoms in total. The number of ether oxygens (including phenoxy) is 1. The highest BCUT2D eigenvalue weighted by atomic mass is 35.5. The van der Waals surface area contributed by atoms with Crippen molar-refractivity contribution in [3.63, 3.8) is 0 Å². The number of carbonyl (C=O) groups is 2. The van der Waals surface area contributed by atoms with E-state index in [4.69, 9.17) is 28.6 Å². The Labute approximate surface area is 198 Å². The van der Waals surface area contributed by atoms with Crippen LogP contribution in [0.3, 0.4) is 0 Å². The topological polar surface area (TPSA) is 123 Å². The van der Waals surface area contributed by atoms with Crippen LogP contribution in [-0.4, -0.2) is 28.5 Å². The number of hydrogen-bond donors (Lipinski definition) is 3. The van der Waals surface area contributed by atoms with E-state index in [0.29, 0.717) is 27.7 Å². The monoisotopic (exact) mass is 484 g/mol. The summed E-state index contributed by atoms with van der Waals surface area (Å²) in [4.78, 5) is 34.4. The molecule has 0 unspecified atom stereocenters. The van der Waals surface area contributed by atoms with Crippen molar-refractivity contribution < 1.29 is 19.2 Å². The molecule has 0 heterocycles. The Morgan fingerprint density at radius 3 is 2.21 bits per heavy atom. The number of thiocarbonyl (C=S) groups is 1. The van der Waals surface area contributed by atoms with Crippen molar-refractivity contribution >= 4 is 57.8 Å². The summed E-state index contributed by atoms with van der Waals surface area (Å²) < 4.78 is 5.28. The van der Waals surface area contributed by atoms with E-state index in [0.717, 1.165) is 0 Å². The Bertz CT molecular complexity index is 1190. The molecular formula is C22H17ClN4O5S. The van der Waals surface area contributed by atoms with E-state index in [-0.39, 0.29) is 23.3 Å². The minimum Gasteiger partial charge on any atom is -0.484 e. The van der Waals surface area contributed by atoms with Crippen LogP contribution >= 0.6 is 23.8 Å². The summed E-state index contributed by atoms with van der Waals surface area (Å²) in [5.41, 5.74) is 1.52. The number of nitrogens with one attached hydrogen (secondary N) is 3. The summed E-state index contributed by atoms with van der Waals surface area (Å²) in [7, 11) is 0. The first-order valence-corrected chi connectivity index (χ1v) is 10.2. The second-order valence-corrected chi connectivity index (χ2v) is 7.43. The second kappa shape index (κ2) is 11.0. The fraction of sp³-hybridized carbons (Fsp3) is 0.0455. The van der Waals surface area contributed by atoms with Crippen molar-refractivity contribution in [2.75, 3.05) is 17.2 Å². The van der Waals surface area contributed by atoms with Gasteiger partial charge in [0, 0.05) is 34.1 Å². The van der Waals surface area contributed by atoms with Gasteiger partial charge in [0.2, 0.25) is 0 Å². The van der Waals surface area contributed by atoms with Crippen LogP contribution in [0, 0.1) is 10.1 Å². The predicted molar refractivity (Wildman–Crippen MR) is 129 cm³/mol. The average Bonchev–Trinajstić information content (AvgIpc) is 2.79. The van der Waals surface area contributed by atoms with Crippen LogP contribution in [-0.2, 0) is 4.79 Å². The van der Waals surface area contributed by atoms with Crippen LogP contribution in [0.2, 0.25) is 5.02 Å². The molecule has 0 radical (unpaired) electrons. The summed E-state index contributed by atoms with van der Waals surface area (Å²) in [5.74, 6) is -0.490. The molecule has 0 saturated carbocycles. The number of hydrogen-bond acceptors (Lipinski definition) is 6. The molecule has 0 spiro atoms. The number of nitro groups is 1. The maximum absolute atomic E-state index is 12.3. The fourth-order valence-electron chi connectivity index (χ4n) is 2.61. The standard InChI is InChI=1S/C22H17ClN4O5S/c23-15-3-1-2-14(12-15)21(29)24-16-4-6-17(7-5-16)25-22(33)26-20(28)13-32-19-10-8-18(9-11-19)27(30)31/h1-12H,13H2,(H,24,29)(H2,25,26,28,33). The Morgan fingerprint density at radius 2 is 1.61 bits per heavy atom. The number of nitro benzene ring substituents is 1. The highest BCUT2D eigenvalue weighted by molar-refractivity contribution is 7.80. The van der Waals surface area contributed by atoms with Crippen molar-refractivity contribution in [2.24, 2.45) is 0 Å². The van der Waals surface area contributed by atoms with Crippen LogP contribution in [0.4, 0.5) is 17.1 Å². The molecule has 0 fully saturated rings. The minimum absolute atomic E-state index is 0.0583. The number of amides is 2. The van der Waals surface area contributed by atoms with Gasteiger partial charge in [-0.05, 0) is 66.8 Å². The third-order valence-electron chi connectivity index (χ3n) is 4.16. The predicted octanol–water partition coefficient (Wildman–Crippen LogP) is 4.39. The summed E-state index contributed by atoms with van der Waals surface area (Å²) in [6.45, 7) is -0.325. The van der Waals surface area contributed by atoms with Gasteiger partial charge in [-0.25, -0.2) is 0 Å². The number of rotatable bonds is 7. The summed E-state index contributed by atoms with van der Waals surface area (Å²) in [5, 5.41) is 19.2. The molecule has 168 valence electrons. The van der Waals surface area contributed by atoms with Gasteiger partial charge in [-0.15, -0.1) is 0 Å². The third kappa shape index (κ3) is 7.27. The SMILES string of the molecule is O=C(COc1ccc([N+](=O)[O-])cc1)NC(=S)Nc1ccc(NC(=O)c2cccc(Cl)c2)cc1. The molecule has 11 heteroatoms. The van der Waals surface area contributed by atoms with Gasteiger partial charge in [-0.2, -0.15) is 0 Å². The third-order valence-corrected chi connectivity index (χ3v) is 4.60. The lowest BCUT2D eigenvalue weighted by Gasteiger charge is -2.11. The maximum Gasteiger partial charge on any atom is 0.269 e. The van der Waals surface area contributed by atoms with E-state index in [1.54, 1.807) is 48.5 Å². The molecule has 0 atom stereocenters. The molecule has 3 N–H and O–H groups in total. The van der Waals surface area contributed by atoms with E-state index in [1.165, 1.54) is 24.3 Å². The summed E-state index contributed by atoms with van der Waals surface area (Å²) in [6.07, 6.45) is 0. The van der Waals surface area contributed by atoms with E-state index < -0.39 is 10.8 Å².